The molecule has 0 N–H and O–H groups in total. The van der Waals surface area contributed by atoms with Crippen molar-refractivity contribution >= 4 is 12.2 Å². The Balaban J connectivity index is 1.80. The first-order valence-electron chi connectivity index (χ1n) is 6.47. The van der Waals surface area contributed by atoms with Gasteiger partial charge < -0.3 is 9.47 Å². The third-order valence-corrected chi connectivity index (χ3v) is 2.41. The molecule has 109 valence electrons. The lowest BCUT2D eigenvalue weighted by molar-refractivity contribution is 0.0868. The molecule has 5 nitrogen and oxygen atoms in total. The minimum atomic E-state index is -0.494. The minimum absolute atomic E-state index is 0.0826. The van der Waals surface area contributed by atoms with Gasteiger partial charge in [-0.2, -0.15) is 0 Å². The normalized spacial score (nSPS) is 10.9. The third kappa shape index (κ3) is 5.66. The number of nitrogens with zero attached hydrogens (tertiary/aromatic N) is 3. The summed E-state index contributed by atoms with van der Waals surface area (Å²) in [5.41, 5.74) is 1.67. The molecule has 2 aromatic rings. The summed E-state index contributed by atoms with van der Waals surface area (Å²) < 4.78 is 22.0. The molecule has 0 aromatic carbocycles. The van der Waals surface area contributed by atoms with Crippen LogP contribution in [0.2, 0.25) is 0 Å². The van der Waals surface area contributed by atoms with Gasteiger partial charge >= 0.3 is 6.01 Å². The van der Waals surface area contributed by atoms with Crippen molar-refractivity contribution < 1.29 is 13.9 Å². The lowest BCUT2D eigenvalue weighted by atomic mass is 10.2. The summed E-state index contributed by atoms with van der Waals surface area (Å²) in [7, 11) is 0. The molecule has 0 unspecified atom stereocenters. The smallest absolute Gasteiger partial charge is 0.316 e. The van der Waals surface area contributed by atoms with Crippen LogP contribution in [0.25, 0.3) is 12.2 Å². The van der Waals surface area contributed by atoms with Gasteiger partial charge in [-0.15, -0.1) is 0 Å². The lowest BCUT2D eigenvalue weighted by Gasteiger charge is -2.04. The van der Waals surface area contributed by atoms with Gasteiger partial charge in [0.25, 0.3) is 0 Å². The average Bonchev–Trinajstić information content (AvgIpc) is 2.55. The van der Waals surface area contributed by atoms with Gasteiger partial charge in [0.2, 0.25) is 0 Å². The fourth-order valence-electron chi connectivity index (χ4n) is 1.45. The van der Waals surface area contributed by atoms with Crippen LogP contribution in [-0.4, -0.2) is 41.4 Å². The second kappa shape index (κ2) is 8.76. The molecule has 0 amide bonds. The zero-order valence-corrected chi connectivity index (χ0v) is 11.4. The van der Waals surface area contributed by atoms with Gasteiger partial charge in [-0.1, -0.05) is 6.07 Å². The predicted molar refractivity (Wildman–Crippen MR) is 76.3 cm³/mol. The van der Waals surface area contributed by atoms with E-state index in [0.29, 0.717) is 13.2 Å². The van der Waals surface area contributed by atoms with Gasteiger partial charge in [0, 0.05) is 30.2 Å². The van der Waals surface area contributed by atoms with Crippen molar-refractivity contribution in [2.75, 3.05) is 26.5 Å². The summed E-state index contributed by atoms with van der Waals surface area (Å²) in [6, 6.07) is 6.77. The Kier molecular flexibility index (Phi) is 6.28. The number of rotatable bonds is 8. The average molecular weight is 288 g/mol. The topological polar surface area (TPSA) is 57.1 Å². The molecule has 6 heteroatoms. The van der Waals surface area contributed by atoms with Crippen LogP contribution in [-0.2, 0) is 4.74 Å². The summed E-state index contributed by atoms with van der Waals surface area (Å²) >= 11 is 0. The van der Waals surface area contributed by atoms with Crippen LogP contribution < -0.4 is 4.74 Å². The molecule has 2 rings (SSSR count). The fourth-order valence-corrected chi connectivity index (χ4v) is 1.45. The van der Waals surface area contributed by atoms with Crippen LogP contribution in [0.5, 0.6) is 6.01 Å². The standard InChI is InChI=1S/C15H15FN3O2/c16-6-8-20-9-10-21-15-18-11-13(12-19-15)4-5-14-3-1-2-7-17-14/h1,3-5,7,11-12H,6,8-10H2/b5-4+. The maximum absolute atomic E-state index is 11.8. The van der Waals surface area contributed by atoms with E-state index in [4.69, 9.17) is 9.47 Å². The Morgan fingerprint density at radius 1 is 1.10 bits per heavy atom. The molecule has 0 atom stereocenters. The number of aromatic nitrogens is 3. The summed E-state index contributed by atoms with van der Waals surface area (Å²) in [4.78, 5) is 12.3. The van der Waals surface area contributed by atoms with Crippen molar-refractivity contribution in [1.82, 2.24) is 15.0 Å². The fraction of sp³-hybridized carbons (Fsp3) is 0.267. The molecule has 0 saturated heterocycles. The van der Waals surface area contributed by atoms with Crippen LogP contribution in [0, 0.1) is 6.07 Å². The Bertz CT molecular complexity index is 547. The first-order valence-corrected chi connectivity index (χ1v) is 6.47. The van der Waals surface area contributed by atoms with E-state index in [0.717, 1.165) is 11.3 Å². The monoisotopic (exact) mass is 288 g/mol. The largest absolute Gasteiger partial charge is 0.461 e. The zero-order chi connectivity index (χ0) is 14.8. The highest BCUT2D eigenvalue weighted by Crippen LogP contribution is 2.06. The van der Waals surface area contributed by atoms with E-state index < -0.39 is 6.67 Å². The van der Waals surface area contributed by atoms with Crippen LogP contribution in [0.1, 0.15) is 11.3 Å². The molecule has 0 aliphatic heterocycles. The number of halogens is 1. The van der Waals surface area contributed by atoms with Crippen molar-refractivity contribution in [3.05, 3.63) is 48.0 Å². The molecule has 0 spiro atoms. The number of ether oxygens (including phenoxy) is 2. The molecule has 0 fully saturated rings. The van der Waals surface area contributed by atoms with Crippen LogP contribution in [0.15, 0.2) is 30.7 Å². The summed E-state index contributed by atoms with van der Waals surface area (Å²) in [6.45, 7) is 0.191. The first-order chi connectivity index (χ1) is 10.4. The van der Waals surface area contributed by atoms with E-state index in [1.165, 1.54) is 0 Å². The predicted octanol–water partition coefficient (Wildman–Crippen LogP) is 2.21. The van der Waals surface area contributed by atoms with E-state index in [9.17, 15) is 4.39 Å². The Morgan fingerprint density at radius 3 is 2.67 bits per heavy atom. The van der Waals surface area contributed by atoms with E-state index in [2.05, 4.69) is 21.0 Å². The zero-order valence-electron chi connectivity index (χ0n) is 11.4. The van der Waals surface area contributed by atoms with Crippen LogP contribution in [0.4, 0.5) is 4.39 Å². The van der Waals surface area contributed by atoms with E-state index in [-0.39, 0.29) is 12.6 Å². The molecule has 2 aromatic heterocycles. The highest BCUT2D eigenvalue weighted by Gasteiger charge is 1.97. The van der Waals surface area contributed by atoms with Gasteiger partial charge in [0.1, 0.15) is 13.3 Å². The van der Waals surface area contributed by atoms with E-state index in [1.54, 1.807) is 24.7 Å². The summed E-state index contributed by atoms with van der Waals surface area (Å²) in [5, 5.41) is 0. The number of hydrogen-bond donors (Lipinski definition) is 0. The highest BCUT2D eigenvalue weighted by molar-refractivity contribution is 5.66. The minimum Gasteiger partial charge on any atom is -0.461 e. The molecule has 0 bridgehead atoms. The maximum Gasteiger partial charge on any atom is 0.316 e. The van der Waals surface area contributed by atoms with Crippen molar-refractivity contribution in [2.24, 2.45) is 0 Å². The SMILES string of the molecule is FCCOCCOc1ncc(/C=C/c2cc[c]cn2)cn1. The highest BCUT2D eigenvalue weighted by atomic mass is 19.1. The number of pyridine rings is 1. The molecule has 21 heavy (non-hydrogen) atoms. The van der Waals surface area contributed by atoms with Gasteiger partial charge in [0.15, 0.2) is 0 Å². The Hall–Kier alpha value is -2.34. The van der Waals surface area contributed by atoms with E-state index >= 15 is 0 Å². The van der Waals surface area contributed by atoms with E-state index in [1.807, 2.05) is 18.2 Å². The molecular formula is C15H15FN3O2. The first kappa shape index (κ1) is 15.1. The quantitative estimate of drug-likeness (QED) is 0.697. The molecule has 0 saturated carbocycles. The molecule has 0 aliphatic rings. The van der Waals surface area contributed by atoms with Crippen molar-refractivity contribution in [1.29, 1.82) is 0 Å². The van der Waals surface area contributed by atoms with Crippen molar-refractivity contribution in [2.45, 2.75) is 0 Å². The Morgan fingerprint density at radius 2 is 1.95 bits per heavy atom. The van der Waals surface area contributed by atoms with Gasteiger partial charge in [-0.25, -0.2) is 14.4 Å². The van der Waals surface area contributed by atoms with Gasteiger partial charge in [0.05, 0.1) is 18.9 Å². The molecule has 1 radical (unpaired) electrons. The van der Waals surface area contributed by atoms with Gasteiger partial charge in [-0.3, -0.25) is 4.98 Å². The number of hydrogen-bond acceptors (Lipinski definition) is 5. The van der Waals surface area contributed by atoms with Crippen molar-refractivity contribution in [3.8, 4) is 6.01 Å². The lowest BCUT2D eigenvalue weighted by Crippen LogP contribution is -2.09. The molecule has 2 heterocycles. The molecule has 0 aliphatic carbocycles. The number of alkyl halides is 1. The maximum atomic E-state index is 11.8. The summed E-state index contributed by atoms with van der Waals surface area (Å²) in [5.74, 6) is 0. The molecular weight excluding hydrogens is 273 g/mol. The second-order valence-electron chi connectivity index (χ2n) is 3.97. The third-order valence-electron chi connectivity index (χ3n) is 2.41. The Labute approximate surface area is 122 Å². The second-order valence-corrected chi connectivity index (χ2v) is 3.97. The summed E-state index contributed by atoms with van der Waals surface area (Å²) in [6.07, 6.45) is 8.62. The van der Waals surface area contributed by atoms with Crippen molar-refractivity contribution in [3.63, 3.8) is 0 Å². The van der Waals surface area contributed by atoms with Crippen LogP contribution in [0.3, 0.4) is 0 Å². The van der Waals surface area contributed by atoms with Crippen LogP contribution >= 0.6 is 0 Å². The van der Waals surface area contributed by atoms with Gasteiger partial charge in [-0.05, 0) is 18.2 Å².